The standard InChI is InChI=1S/C15H30S/c1-7-8-9-13-14(2,3)10-12(16-6)11-15(13,4)5/h12-13,16H,6-11H2,1-5H3. The van der Waals surface area contributed by atoms with Crippen LogP contribution in [0.5, 0.6) is 0 Å². The Labute approximate surface area is 106 Å². The molecule has 1 fully saturated rings. The monoisotopic (exact) mass is 242 g/mol. The van der Waals surface area contributed by atoms with Gasteiger partial charge in [0.05, 0.1) is 0 Å². The first-order valence-corrected chi connectivity index (χ1v) is 7.94. The molecule has 96 valence electrons. The molecule has 0 heterocycles. The Morgan fingerprint density at radius 3 is 2.00 bits per heavy atom. The average molecular weight is 242 g/mol. The molecule has 0 radical (unpaired) electrons. The van der Waals surface area contributed by atoms with Crippen LogP contribution in [0.4, 0.5) is 0 Å². The van der Waals surface area contributed by atoms with Crippen LogP contribution in [0.25, 0.3) is 0 Å². The third-order valence-electron chi connectivity index (χ3n) is 4.51. The van der Waals surface area contributed by atoms with Gasteiger partial charge in [-0.3, -0.25) is 0 Å². The van der Waals surface area contributed by atoms with Gasteiger partial charge in [-0.15, -0.1) is 0 Å². The van der Waals surface area contributed by atoms with Gasteiger partial charge < -0.3 is 0 Å². The van der Waals surface area contributed by atoms with Gasteiger partial charge in [-0.25, -0.2) is 11.4 Å². The van der Waals surface area contributed by atoms with Gasteiger partial charge in [-0.2, -0.15) is 0 Å². The molecule has 1 aliphatic rings. The van der Waals surface area contributed by atoms with Crippen LogP contribution in [0.1, 0.15) is 66.7 Å². The number of rotatable bonds is 4. The minimum Gasteiger partial charge on any atom is -0.204 e. The predicted octanol–water partition coefficient (Wildman–Crippen LogP) is 4.91. The van der Waals surface area contributed by atoms with E-state index in [9.17, 15) is 0 Å². The molecule has 16 heavy (non-hydrogen) atoms. The van der Waals surface area contributed by atoms with Gasteiger partial charge in [0.2, 0.25) is 0 Å². The molecule has 0 N–H and O–H groups in total. The number of thiol groups is 1. The predicted molar refractivity (Wildman–Crippen MR) is 79.7 cm³/mol. The fourth-order valence-electron chi connectivity index (χ4n) is 3.95. The Hall–Kier alpha value is 0.220. The molecule has 1 heteroatoms. The average Bonchev–Trinajstić information content (AvgIpc) is 2.14. The summed E-state index contributed by atoms with van der Waals surface area (Å²) in [5.41, 5.74) is 1.01. The Balaban J connectivity index is 2.83. The largest absolute Gasteiger partial charge is 0.204 e. The van der Waals surface area contributed by atoms with Crippen LogP contribution in [-0.2, 0) is 0 Å². The summed E-state index contributed by atoms with van der Waals surface area (Å²) >= 11 is 1.35. The molecule has 1 aliphatic carbocycles. The highest BCUT2D eigenvalue weighted by Crippen LogP contribution is 2.54. The molecule has 0 aromatic rings. The molecule has 0 aliphatic heterocycles. The second kappa shape index (κ2) is 5.25. The third kappa shape index (κ3) is 3.12. The van der Waals surface area contributed by atoms with Crippen molar-refractivity contribution < 1.29 is 0 Å². The number of hydrogen-bond acceptors (Lipinski definition) is 0. The van der Waals surface area contributed by atoms with Crippen LogP contribution in [0.3, 0.4) is 0 Å². The van der Waals surface area contributed by atoms with Crippen LogP contribution >= 0.6 is 11.4 Å². The summed E-state index contributed by atoms with van der Waals surface area (Å²) in [7, 11) is 0. The molecule has 0 atom stereocenters. The van der Waals surface area contributed by atoms with E-state index in [0.717, 1.165) is 11.2 Å². The molecule has 0 unspecified atom stereocenters. The van der Waals surface area contributed by atoms with Crippen LogP contribution in [0, 0.1) is 16.7 Å². The van der Waals surface area contributed by atoms with E-state index < -0.39 is 0 Å². The molecule has 0 bridgehead atoms. The Kier molecular flexibility index (Phi) is 4.68. The zero-order valence-electron chi connectivity index (χ0n) is 11.8. The highest BCUT2D eigenvalue weighted by molar-refractivity contribution is 7.97. The van der Waals surface area contributed by atoms with Crippen molar-refractivity contribution in [1.29, 1.82) is 0 Å². The van der Waals surface area contributed by atoms with E-state index in [-0.39, 0.29) is 0 Å². The van der Waals surface area contributed by atoms with Crippen molar-refractivity contribution in [3.63, 3.8) is 0 Å². The zero-order valence-corrected chi connectivity index (χ0v) is 12.7. The molecule has 0 spiro atoms. The highest BCUT2D eigenvalue weighted by Gasteiger charge is 2.45. The van der Waals surface area contributed by atoms with Crippen molar-refractivity contribution in [2.45, 2.75) is 72.0 Å². The number of hydrogen-bond donors (Lipinski definition) is 1. The van der Waals surface area contributed by atoms with E-state index in [2.05, 4.69) is 40.5 Å². The summed E-state index contributed by atoms with van der Waals surface area (Å²) in [6, 6.07) is 0. The normalized spacial score (nSPS) is 32.6. The van der Waals surface area contributed by atoms with Gasteiger partial charge in [-0.1, -0.05) is 53.3 Å². The van der Waals surface area contributed by atoms with Crippen molar-refractivity contribution in [2.24, 2.45) is 16.7 Å². The minimum absolute atomic E-state index is 0.506. The molecule has 0 nitrogen and oxygen atoms in total. The summed E-state index contributed by atoms with van der Waals surface area (Å²) in [6.07, 6.45) is 6.88. The topological polar surface area (TPSA) is 0 Å². The van der Waals surface area contributed by atoms with Crippen molar-refractivity contribution in [2.75, 3.05) is 0 Å². The van der Waals surface area contributed by atoms with E-state index in [1.165, 1.54) is 43.5 Å². The third-order valence-corrected chi connectivity index (χ3v) is 5.40. The lowest BCUT2D eigenvalue weighted by molar-refractivity contribution is 0.0112. The van der Waals surface area contributed by atoms with Gasteiger partial charge in [0.15, 0.2) is 0 Å². The molecular formula is C15H30S. The van der Waals surface area contributed by atoms with E-state index in [4.69, 9.17) is 0 Å². The van der Waals surface area contributed by atoms with Gasteiger partial charge >= 0.3 is 0 Å². The van der Waals surface area contributed by atoms with Crippen LogP contribution in [-0.4, -0.2) is 11.1 Å². The molecule has 0 saturated heterocycles. The van der Waals surface area contributed by atoms with E-state index in [0.29, 0.717) is 10.8 Å². The highest BCUT2D eigenvalue weighted by atomic mass is 32.1. The lowest BCUT2D eigenvalue weighted by Crippen LogP contribution is -2.44. The first kappa shape index (κ1) is 14.3. The van der Waals surface area contributed by atoms with Crippen LogP contribution in [0.15, 0.2) is 0 Å². The van der Waals surface area contributed by atoms with Crippen LogP contribution in [0.2, 0.25) is 0 Å². The van der Waals surface area contributed by atoms with Crippen LogP contribution < -0.4 is 0 Å². The van der Waals surface area contributed by atoms with Crippen molar-refractivity contribution in [3.05, 3.63) is 0 Å². The van der Waals surface area contributed by atoms with Crippen molar-refractivity contribution in [1.82, 2.24) is 0 Å². The van der Waals surface area contributed by atoms with Gasteiger partial charge in [0.1, 0.15) is 0 Å². The zero-order chi connectivity index (χ0) is 12.4. The molecule has 0 aromatic carbocycles. The van der Waals surface area contributed by atoms with Crippen molar-refractivity contribution >= 4 is 17.2 Å². The van der Waals surface area contributed by atoms with E-state index in [1.807, 2.05) is 0 Å². The Bertz CT molecular complexity index is 222. The molecule has 0 amide bonds. The van der Waals surface area contributed by atoms with Gasteiger partial charge in [0, 0.05) is 0 Å². The quantitative estimate of drug-likeness (QED) is 0.526. The van der Waals surface area contributed by atoms with Gasteiger partial charge in [0.25, 0.3) is 0 Å². The smallest absolute Gasteiger partial charge is 0.00255 e. The maximum absolute atomic E-state index is 4.10. The van der Waals surface area contributed by atoms with E-state index >= 15 is 0 Å². The SMILES string of the molecule is C=[SH]C1CC(C)(C)C(CCCC)C(C)(C)C1. The van der Waals surface area contributed by atoms with E-state index in [1.54, 1.807) is 0 Å². The maximum atomic E-state index is 4.10. The first-order chi connectivity index (χ1) is 7.33. The lowest BCUT2D eigenvalue weighted by atomic mass is 9.56. The van der Waals surface area contributed by atoms with Crippen molar-refractivity contribution in [3.8, 4) is 0 Å². The fraction of sp³-hybridized carbons (Fsp3) is 0.933. The lowest BCUT2D eigenvalue weighted by Gasteiger charge is -2.52. The molecule has 1 rings (SSSR count). The summed E-state index contributed by atoms with van der Waals surface area (Å²) < 4.78 is 0. The first-order valence-electron chi connectivity index (χ1n) is 6.79. The summed E-state index contributed by atoms with van der Waals surface area (Å²) in [4.78, 5) is 0. The summed E-state index contributed by atoms with van der Waals surface area (Å²) in [5.74, 6) is 4.99. The Morgan fingerprint density at radius 2 is 1.62 bits per heavy atom. The Morgan fingerprint density at radius 1 is 1.12 bits per heavy atom. The second-order valence-corrected chi connectivity index (χ2v) is 8.01. The maximum Gasteiger partial charge on any atom is -0.00255 e. The number of unbranched alkanes of at least 4 members (excludes halogenated alkanes) is 1. The summed E-state index contributed by atoms with van der Waals surface area (Å²) in [5, 5.41) is 0.822. The minimum atomic E-state index is 0.506. The second-order valence-electron chi connectivity index (χ2n) is 6.92. The molecule has 0 aromatic heterocycles. The summed E-state index contributed by atoms with van der Waals surface area (Å²) in [6.45, 7) is 12.2. The molecule has 1 saturated carbocycles. The molecular weight excluding hydrogens is 212 g/mol. The fourth-order valence-corrected chi connectivity index (χ4v) is 5.15. The van der Waals surface area contributed by atoms with Gasteiger partial charge in [-0.05, 0) is 41.3 Å².